The molecule has 0 aromatic carbocycles. The van der Waals surface area contributed by atoms with Crippen LogP contribution in [0.2, 0.25) is 0 Å². The van der Waals surface area contributed by atoms with Crippen LogP contribution in [-0.2, 0) is 16.1 Å². The van der Waals surface area contributed by atoms with E-state index in [0.29, 0.717) is 11.9 Å². The quantitative estimate of drug-likeness (QED) is 0.816. The Kier molecular flexibility index (Phi) is 6.27. The number of carbonyl (C=O) groups is 1. The highest BCUT2D eigenvalue weighted by Crippen LogP contribution is 2.08. The van der Waals surface area contributed by atoms with E-state index < -0.39 is 0 Å². The van der Waals surface area contributed by atoms with E-state index in [1.807, 2.05) is 10.8 Å². The number of hydrogen-bond acceptors (Lipinski definition) is 4. The second kappa shape index (κ2) is 7.47. The van der Waals surface area contributed by atoms with Gasteiger partial charge < -0.3 is 14.6 Å². The lowest BCUT2D eigenvalue weighted by Crippen LogP contribution is -2.49. The van der Waals surface area contributed by atoms with E-state index in [-0.39, 0.29) is 31.0 Å². The number of carbonyl (C=O) groups excluding carboxylic acids is 1. The molecule has 1 amide bonds. The molecule has 19 heavy (non-hydrogen) atoms. The topological polar surface area (TPSA) is 68.2 Å². The standard InChI is InChI=1S/C12H20N4O2.ClH/c1-9(2)7-16-4-3-14-12(16)15-11(17)8-18-10-5-13-6-10;/h3-4,9-10,13H,5-8H2,1-2H3,(H,14,15,17);1H. The maximum absolute atomic E-state index is 11.7. The van der Waals surface area contributed by atoms with E-state index in [4.69, 9.17) is 4.74 Å². The van der Waals surface area contributed by atoms with Crippen molar-refractivity contribution in [1.29, 1.82) is 0 Å². The fourth-order valence-corrected chi connectivity index (χ4v) is 1.71. The summed E-state index contributed by atoms with van der Waals surface area (Å²) < 4.78 is 7.34. The summed E-state index contributed by atoms with van der Waals surface area (Å²) in [6.45, 7) is 6.82. The number of imidazole rings is 1. The summed E-state index contributed by atoms with van der Waals surface area (Å²) in [5, 5.41) is 5.85. The molecule has 2 N–H and O–H groups in total. The molecule has 1 fully saturated rings. The number of nitrogens with one attached hydrogen (secondary N) is 2. The Bertz CT molecular complexity index is 404. The van der Waals surface area contributed by atoms with Gasteiger partial charge in [0, 0.05) is 32.0 Å². The molecule has 6 nitrogen and oxygen atoms in total. The minimum absolute atomic E-state index is 0. The van der Waals surface area contributed by atoms with E-state index in [2.05, 4.69) is 29.5 Å². The monoisotopic (exact) mass is 288 g/mol. The van der Waals surface area contributed by atoms with Gasteiger partial charge in [-0.15, -0.1) is 12.4 Å². The van der Waals surface area contributed by atoms with Crippen molar-refractivity contribution in [3.05, 3.63) is 12.4 Å². The van der Waals surface area contributed by atoms with Crippen molar-refractivity contribution < 1.29 is 9.53 Å². The zero-order chi connectivity index (χ0) is 13.0. The maximum Gasteiger partial charge on any atom is 0.252 e. The summed E-state index contributed by atoms with van der Waals surface area (Å²) >= 11 is 0. The second-order valence-electron chi connectivity index (χ2n) is 4.94. The van der Waals surface area contributed by atoms with Gasteiger partial charge in [0.15, 0.2) is 0 Å². The van der Waals surface area contributed by atoms with Crippen LogP contribution in [0.5, 0.6) is 0 Å². The number of hydrogen-bond donors (Lipinski definition) is 2. The Morgan fingerprint density at radius 3 is 2.95 bits per heavy atom. The summed E-state index contributed by atoms with van der Waals surface area (Å²) in [4.78, 5) is 15.8. The van der Waals surface area contributed by atoms with Crippen LogP contribution in [-0.4, -0.2) is 41.3 Å². The molecule has 0 aliphatic carbocycles. The van der Waals surface area contributed by atoms with Gasteiger partial charge in [0.25, 0.3) is 5.91 Å². The normalized spacial score (nSPS) is 14.9. The van der Waals surface area contributed by atoms with Crippen LogP contribution in [0.25, 0.3) is 0 Å². The fraction of sp³-hybridized carbons (Fsp3) is 0.667. The van der Waals surface area contributed by atoms with E-state index >= 15 is 0 Å². The molecule has 1 aromatic heterocycles. The third-order valence-corrected chi connectivity index (χ3v) is 2.72. The number of anilines is 1. The van der Waals surface area contributed by atoms with Gasteiger partial charge in [0.1, 0.15) is 6.61 Å². The molecule has 0 saturated carbocycles. The summed E-state index contributed by atoms with van der Waals surface area (Å²) in [5.41, 5.74) is 0. The predicted octanol–water partition coefficient (Wildman–Crippen LogP) is 0.888. The molecule has 0 bridgehead atoms. The lowest BCUT2D eigenvalue weighted by atomic mass is 10.2. The summed E-state index contributed by atoms with van der Waals surface area (Å²) in [5.74, 6) is 0.939. The van der Waals surface area contributed by atoms with Gasteiger partial charge in [-0.3, -0.25) is 10.1 Å². The van der Waals surface area contributed by atoms with E-state index in [1.54, 1.807) is 6.20 Å². The smallest absolute Gasteiger partial charge is 0.252 e. The lowest BCUT2D eigenvalue weighted by molar-refractivity contribution is -0.123. The van der Waals surface area contributed by atoms with Crippen LogP contribution in [0.15, 0.2) is 12.4 Å². The van der Waals surface area contributed by atoms with Gasteiger partial charge in [-0.1, -0.05) is 13.8 Å². The predicted molar refractivity (Wildman–Crippen MR) is 75.6 cm³/mol. The SMILES string of the molecule is CC(C)Cn1ccnc1NC(=O)COC1CNC1.Cl. The van der Waals surface area contributed by atoms with Crippen molar-refractivity contribution in [2.45, 2.75) is 26.5 Å². The number of amides is 1. The highest BCUT2D eigenvalue weighted by Gasteiger charge is 2.18. The molecule has 1 saturated heterocycles. The first-order chi connectivity index (χ1) is 8.65. The molecule has 0 unspecified atom stereocenters. The Hall–Kier alpha value is -1.11. The molecule has 1 aliphatic heterocycles. The average molecular weight is 289 g/mol. The highest BCUT2D eigenvalue weighted by atomic mass is 35.5. The van der Waals surface area contributed by atoms with Crippen LogP contribution in [0, 0.1) is 5.92 Å². The van der Waals surface area contributed by atoms with Crippen molar-refractivity contribution in [2.24, 2.45) is 5.92 Å². The molecule has 2 heterocycles. The van der Waals surface area contributed by atoms with E-state index in [1.165, 1.54) is 0 Å². The minimum atomic E-state index is -0.155. The van der Waals surface area contributed by atoms with Crippen LogP contribution >= 0.6 is 12.4 Å². The van der Waals surface area contributed by atoms with Crippen molar-refractivity contribution in [1.82, 2.24) is 14.9 Å². The molecule has 0 spiro atoms. The Balaban J connectivity index is 0.00000180. The van der Waals surface area contributed by atoms with Gasteiger partial charge in [0.05, 0.1) is 6.10 Å². The molecule has 1 aromatic rings. The largest absolute Gasteiger partial charge is 0.366 e. The van der Waals surface area contributed by atoms with Crippen LogP contribution in [0.1, 0.15) is 13.8 Å². The Morgan fingerprint density at radius 2 is 2.37 bits per heavy atom. The number of halogens is 1. The van der Waals surface area contributed by atoms with Crippen LogP contribution < -0.4 is 10.6 Å². The van der Waals surface area contributed by atoms with Gasteiger partial charge in [-0.05, 0) is 5.92 Å². The zero-order valence-corrected chi connectivity index (χ0v) is 12.1. The van der Waals surface area contributed by atoms with Crippen molar-refractivity contribution in [2.75, 3.05) is 25.0 Å². The third kappa shape index (κ3) is 4.81. The zero-order valence-electron chi connectivity index (χ0n) is 11.3. The van der Waals surface area contributed by atoms with Gasteiger partial charge in [-0.2, -0.15) is 0 Å². The fourth-order valence-electron chi connectivity index (χ4n) is 1.71. The summed E-state index contributed by atoms with van der Waals surface area (Å²) in [6.07, 6.45) is 3.73. The number of ether oxygens (including phenoxy) is 1. The van der Waals surface area contributed by atoms with Gasteiger partial charge >= 0.3 is 0 Å². The second-order valence-corrected chi connectivity index (χ2v) is 4.94. The van der Waals surface area contributed by atoms with Crippen molar-refractivity contribution in [3.63, 3.8) is 0 Å². The average Bonchev–Trinajstić information content (AvgIpc) is 2.62. The van der Waals surface area contributed by atoms with Crippen LogP contribution in [0.3, 0.4) is 0 Å². The van der Waals surface area contributed by atoms with E-state index in [0.717, 1.165) is 19.6 Å². The highest BCUT2D eigenvalue weighted by molar-refractivity contribution is 5.90. The molecular formula is C12H21ClN4O2. The van der Waals surface area contributed by atoms with Crippen LogP contribution in [0.4, 0.5) is 5.95 Å². The van der Waals surface area contributed by atoms with Gasteiger partial charge in [-0.25, -0.2) is 4.98 Å². The Morgan fingerprint density at radius 1 is 1.63 bits per heavy atom. The third-order valence-electron chi connectivity index (χ3n) is 2.72. The first-order valence-electron chi connectivity index (χ1n) is 6.28. The number of rotatable bonds is 6. The number of nitrogens with zero attached hydrogens (tertiary/aromatic N) is 2. The van der Waals surface area contributed by atoms with E-state index in [9.17, 15) is 4.79 Å². The Labute approximate surface area is 119 Å². The first-order valence-corrected chi connectivity index (χ1v) is 6.28. The summed E-state index contributed by atoms with van der Waals surface area (Å²) in [6, 6.07) is 0. The molecular weight excluding hydrogens is 268 g/mol. The molecule has 0 atom stereocenters. The molecule has 1 aliphatic rings. The van der Waals surface area contributed by atoms with Crippen molar-refractivity contribution >= 4 is 24.3 Å². The molecule has 7 heteroatoms. The molecule has 2 rings (SSSR count). The first kappa shape index (κ1) is 15.9. The van der Waals surface area contributed by atoms with Crippen molar-refractivity contribution in [3.8, 4) is 0 Å². The summed E-state index contributed by atoms with van der Waals surface area (Å²) in [7, 11) is 0. The minimum Gasteiger partial charge on any atom is -0.366 e. The maximum atomic E-state index is 11.7. The molecule has 108 valence electrons. The lowest BCUT2D eigenvalue weighted by Gasteiger charge is -2.26. The molecule has 0 radical (unpaired) electrons. The van der Waals surface area contributed by atoms with Gasteiger partial charge in [0.2, 0.25) is 5.95 Å². The number of aromatic nitrogens is 2.